The molecule has 168 valence electrons. The molecule has 0 aliphatic carbocycles. The van der Waals surface area contributed by atoms with Crippen LogP contribution in [0.25, 0.3) is 0 Å². The average molecular weight is 431 g/mol. The summed E-state index contributed by atoms with van der Waals surface area (Å²) in [5.74, 6) is 1.96. The Morgan fingerprint density at radius 2 is 2.32 bits per heavy atom. The fraction of sp³-hybridized carbons (Fsp3) is 0.524. The summed E-state index contributed by atoms with van der Waals surface area (Å²) in [5, 5.41) is 21.2. The molecule has 0 radical (unpaired) electrons. The first kappa shape index (κ1) is 22.5. The maximum atomic E-state index is 10.8. The molecular weight excluding hydrogens is 400 g/mol. The Morgan fingerprint density at radius 3 is 3.03 bits per heavy atom. The standard InChI is InChI=1S/C21H30N6O4/c1-3-22-21(23-7-8-26-13-19(12-25-26)27(28)29)24-11-18-5-4-16(2)10-20(18)31-15-17-6-9-30-14-17/h4-5,10,12-13,17H,3,6-9,11,14-15H2,1-2H3,(H2,22,23,24). The van der Waals surface area contributed by atoms with E-state index < -0.39 is 4.92 Å². The van der Waals surface area contributed by atoms with Gasteiger partial charge in [-0.05, 0) is 31.9 Å². The summed E-state index contributed by atoms with van der Waals surface area (Å²) in [6, 6.07) is 6.15. The molecule has 0 bridgehead atoms. The highest BCUT2D eigenvalue weighted by Gasteiger charge is 2.17. The normalized spacial score (nSPS) is 16.3. The Bertz CT molecular complexity index is 892. The summed E-state index contributed by atoms with van der Waals surface area (Å²) in [5.41, 5.74) is 2.14. The minimum atomic E-state index is -0.455. The second-order valence-electron chi connectivity index (χ2n) is 7.49. The van der Waals surface area contributed by atoms with Crippen molar-refractivity contribution in [2.24, 2.45) is 10.9 Å². The maximum Gasteiger partial charge on any atom is 0.306 e. The van der Waals surface area contributed by atoms with Crippen LogP contribution in [0.1, 0.15) is 24.5 Å². The Morgan fingerprint density at radius 1 is 1.45 bits per heavy atom. The van der Waals surface area contributed by atoms with E-state index in [0.29, 0.717) is 38.1 Å². The number of ether oxygens (including phenoxy) is 2. The first-order valence-electron chi connectivity index (χ1n) is 10.5. The molecule has 0 spiro atoms. The van der Waals surface area contributed by atoms with Gasteiger partial charge < -0.3 is 20.1 Å². The van der Waals surface area contributed by atoms with Crippen molar-refractivity contribution in [3.63, 3.8) is 0 Å². The van der Waals surface area contributed by atoms with Crippen LogP contribution in [0.3, 0.4) is 0 Å². The number of benzene rings is 1. The van der Waals surface area contributed by atoms with Crippen LogP contribution in [0.15, 0.2) is 35.6 Å². The van der Waals surface area contributed by atoms with E-state index in [2.05, 4.69) is 26.8 Å². The van der Waals surface area contributed by atoms with Crippen molar-refractivity contribution in [2.75, 3.05) is 32.9 Å². The molecule has 2 aromatic rings. The zero-order chi connectivity index (χ0) is 22.1. The summed E-state index contributed by atoms with van der Waals surface area (Å²) >= 11 is 0. The van der Waals surface area contributed by atoms with Gasteiger partial charge in [-0.2, -0.15) is 5.10 Å². The molecule has 1 aliphatic heterocycles. The van der Waals surface area contributed by atoms with Gasteiger partial charge in [0.1, 0.15) is 18.1 Å². The van der Waals surface area contributed by atoms with Gasteiger partial charge in [-0.15, -0.1) is 0 Å². The van der Waals surface area contributed by atoms with Gasteiger partial charge in [-0.1, -0.05) is 12.1 Å². The zero-order valence-corrected chi connectivity index (χ0v) is 18.0. The van der Waals surface area contributed by atoms with E-state index in [1.807, 2.05) is 26.0 Å². The molecule has 0 amide bonds. The van der Waals surface area contributed by atoms with E-state index in [9.17, 15) is 10.1 Å². The Labute approximate surface area is 181 Å². The van der Waals surface area contributed by atoms with Crippen LogP contribution in [-0.4, -0.2) is 53.6 Å². The first-order chi connectivity index (χ1) is 15.0. The molecular formula is C21H30N6O4. The molecule has 2 N–H and O–H groups in total. The number of rotatable bonds is 10. The molecule has 0 saturated carbocycles. The molecule has 1 fully saturated rings. The van der Waals surface area contributed by atoms with Gasteiger partial charge in [0.2, 0.25) is 0 Å². The number of aliphatic imine (C=N–C) groups is 1. The highest BCUT2D eigenvalue weighted by molar-refractivity contribution is 5.79. The van der Waals surface area contributed by atoms with Crippen molar-refractivity contribution in [1.82, 2.24) is 20.4 Å². The molecule has 3 rings (SSSR count). The number of hydrogen-bond donors (Lipinski definition) is 2. The lowest BCUT2D eigenvalue weighted by molar-refractivity contribution is -0.385. The number of nitro groups is 1. The fourth-order valence-electron chi connectivity index (χ4n) is 3.21. The van der Waals surface area contributed by atoms with Crippen LogP contribution in [0.4, 0.5) is 5.69 Å². The predicted molar refractivity (Wildman–Crippen MR) is 117 cm³/mol. The number of nitrogens with zero attached hydrogens (tertiary/aromatic N) is 4. The summed E-state index contributed by atoms with van der Waals surface area (Å²) < 4.78 is 13.1. The third kappa shape index (κ3) is 6.95. The van der Waals surface area contributed by atoms with Crippen molar-refractivity contribution in [2.45, 2.75) is 33.4 Å². The summed E-state index contributed by atoms with van der Waals surface area (Å²) in [4.78, 5) is 15.0. The molecule has 1 aliphatic rings. The van der Waals surface area contributed by atoms with Gasteiger partial charge >= 0.3 is 5.69 Å². The molecule has 2 heterocycles. The largest absolute Gasteiger partial charge is 0.493 e. The van der Waals surface area contributed by atoms with Crippen molar-refractivity contribution < 1.29 is 14.4 Å². The molecule has 10 heteroatoms. The van der Waals surface area contributed by atoms with Crippen LogP contribution in [0.2, 0.25) is 0 Å². The smallest absolute Gasteiger partial charge is 0.306 e. The van der Waals surface area contributed by atoms with Gasteiger partial charge in [0.25, 0.3) is 0 Å². The number of aromatic nitrogens is 2. The topological polar surface area (TPSA) is 116 Å². The van der Waals surface area contributed by atoms with E-state index >= 15 is 0 Å². The van der Waals surface area contributed by atoms with Crippen molar-refractivity contribution in [3.05, 3.63) is 51.8 Å². The zero-order valence-electron chi connectivity index (χ0n) is 18.0. The average Bonchev–Trinajstić information content (AvgIpc) is 3.43. The van der Waals surface area contributed by atoms with Gasteiger partial charge in [0.15, 0.2) is 5.96 Å². The number of guanidine groups is 1. The number of aryl methyl sites for hydroxylation is 1. The monoisotopic (exact) mass is 430 g/mol. The van der Waals surface area contributed by atoms with Gasteiger partial charge in [-0.3, -0.25) is 14.8 Å². The predicted octanol–water partition coefficient (Wildman–Crippen LogP) is 2.27. The third-order valence-electron chi connectivity index (χ3n) is 4.94. The van der Waals surface area contributed by atoms with E-state index in [1.54, 1.807) is 0 Å². The minimum absolute atomic E-state index is 0.0170. The summed E-state index contributed by atoms with van der Waals surface area (Å²) in [6.45, 7) is 8.47. The van der Waals surface area contributed by atoms with E-state index in [4.69, 9.17) is 9.47 Å². The Hall–Kier alpha value is -3.14. The van der Waals surface area contributed by atoms with Crippen LogP contribution >= 0.6 is 0 Å². The van der Waals surface area contributed by atoms with Crippen LogP contribution in [0, 0.1) is 23.0 Å². The fourth-order valence-corrected chi connectivity index (χ4v) is 3.21. The van der Waals surface area contributed by atoms with Crippen molar-refractivity contribution in [1.29, 1.82) is 0 Å². The first-order valence-corrected chi connectivity index (χ1v) is 10.5. The number of hydrogen-bond acceptors (Lipinski definition) is 6. The van der Waals surface area contributed by atoms with E-state index in [1.165, 1.54) is 17.1 Å². The highest BCUT2D eigenvalue weighted by Crippen LogP contribution is 2.23. The molecule has 1 unspecified atom stereocenters. The van der Waals surface area contributed by atoms with Crippen LogP contribution < -0.4 is 15.4 Å². The highest BCUT2D eigenvalue weighted by atomic mass is 16.6. The lowest BCUT2D eigenvalue weighted by atomic mass is 10.1. The third-order valence-corrected chi connectivity index (χ3v) is 4.94. The van der Waals surface area contributed by atoms with Crippen LogP contribution in [-0.2, 0) is 17.8 Å². The van der Waals surface area contributed by atoms with Gasteiger partial charge in [0, 0.05) is 31.2 Å². The molecule has 10 nitrogen and oxygen atoms in total. The van der Waals surface area contributed by atoms with Crippen molar-refractivity contribution >= 4 is 11.6 Å². The maximum absolute atomic E-state index is 10.8. The SMILES string of the molecule is CCNC(=NCc1ccc(C)cc1OCC1CCOC1)NCCn1cc([N+](=O)[O-])cn1. The second-order valence-corrected chi connectivity index (χ2v) is 7.49. The Kier molecular flexibility index (Phi) is 8.22. The van der Waals surface area contributed by atoms with E-state index in [0.717, 1.165) is 43.1 Å². The quantitative estimate of drug-likeness (QED) is 0.257. The summed E-state index contributed by atoms with van der Waals surface area (Å²) in [6.07, 6.45) is 3.69. The van der Waals surface area contributed by atoms with Gasteiger partial charge in [-0.25, -0.2) is 4.99 Å². The number of nitrogens with one attached hydrogen (secondary N) is 2. The molecule has 1 atom stereocenters. The Balaban J connectivity index is 1.57. The molecule has 1 saturated heterocycles. The van der Waals surface area contributed by atoms with Crippen molar-refractivity contribution in [3.8, 4) is 5.75 Å². The molecule has 1 aromatic heterocycles. The lowest BCUT2D eigenvalue weighted by Crippen LogP contribution is -2.38. The van der Waals surface area contributed by atoms with Gasteiger partial charge in [0.05, 0.1) is 31.2 Å². The minimum Gasteiger partial charge on any atom is -0.493 e. The molecule has 31 heavy (non-hydrogen) atoms. The second kappa shape index (κ2) is 11.3. The van der Waals surface area contributed by atoms with Crippen LogP contribution in [0.5, 0.6) is 5.75 Å². The lowest BCUT2D eigenvalue weighted by Gasteiger charge is -2.15. The molecule has 1 aromatic carbocycles. The van der Waals surface area contributed by atoms with E-state index in [-0.39, 0.29) is 5.69 Å². The summed E-state index contributed by atoms with van der Waals surface area (Å²) in [7, 11) is 0.